The van der Waals surface area contributed by atoms with E-state index in [1.54, 1.807) is 14.2 Å². The van der Waals surface area contributed by atoms with Crippen LogP contribution in [-0.2, 0) is 0 Å². The Morgan fingerprint density at radius 1 is 1.04 bits per heavy atom. The summed E-state index contributed by atoms with van der Waals surface area (Å²) in [5.41, 5.74) is 3.91. The number of benzene rings is 1. The van der Waals surface area contributed by atoms with Gasteiger partial charge in [0.2, 0.25) is 0 Å². The van der Waals surface area contributed by atoms with Gasteiger partial charge in [0.1, 0.15) is 0 Å². The minimum absolute atomic E-state index is 0.335. The lowest BCUT2D eigenvalue weighted by Gasteiger charge is -2.33. The molecule has 0 spiro atoms. The summed E-state index contributed by atoms with van der Waals surface area (Å²) >= 11 is 0. The predicted octanol–water partition coefficient (Wildman–Crippen LogP) is 5.04. The fourth-order valence-corrected chi connectivity index (χ4v) is 3.90. The number of methoxy groups -OCH3 is 2. The van der Waals surface area contributed by atoms with Crippen LogP contribution in [0.3, 0.4) is 0 Å². The van der Waals surface area contributed by atoms with Gasteiger partial charge in [0.15, 0.2) is 11.5 Å². The van der Waals surface area contributed by atoms with Gasteiger partial charge >= 0.3 is 0 Å². The second kappa shape index (κ2) is 6.67. The Bertz CT molecular complexity index is 843. The lowest BCUT2D eigenvalue weighted by atomic mass is 9.73. The van der Waals surface area contributed by atoms with E-state index in [1.807, 2.05) is 6.07 Å². The quantitative estimate of drug-likeness (QED) is 0.783. The van der Waals surface area contributed by atoms with Gasteiger partial charge in [-0.05, 0) is 60.2 Å². The average molecular weight is 333 g/mol. The van der Waals surface area contributed by atoms with Crippen LogP contribution in [-0.4, -0.2) is 18.8 Å². The van der Waals surface area contributed by atoms with Crippen LogP contribution in [0.4, 0.5) is 0 Å². The van der Waals surface area contributed by atoms with E-state index in [-0.39, 0.29) is 0 Å². The minimum Gasteiger partial charge on any atom is -0.493 e. The van der Waals surface area contributed by atoms with Crippen LogP contribution in [0.25, 0.3) is 5.70 Å². The van der Waals surface area contributed by atoms with Gasteiger partial charge in [-0.2, -0.15) is 0 Å². The molecule has 0 bridgehead atoms. The van der Waals surface area contributed by atoms with Gasteiger partial charge in [-0.15, -0.1) is 0 Å². The molecule has 3 nitrogen and oxygen atoms in total. The monoisotopic (exact) mass is 333 g/mol. The molecule has 2 aliphatic carbocycles. The van der Waals surface area contributed by atoms with E-state index in [0.717, 1.165) is 17.9 Å². The van der Waals surface area contributed by atoms with Crippen molar-refractivity contribution in [3.05, 3.63) is 78.2 Å². The molecule has 25 heavy (non-hydrogen) atoms. The van der Waals surface area contributed by atoms with E-state index in [4.69, 9.17) is 9.47 Å². The van der Waals surface area contributed by atoms with Crippen molar-refractivity contribution in [2.75, 3.05) is 14.2 Å². The molecule has 0 saturated carbocycles. The normalized spacial score (nSPS) is 22.0. The topological polar surface area (TPSA) is 23.4 Å². The minimum atomic E-state index is 0.335. The molecule has 4 rings (SSSR count). The van der Waals surface area contributed by atoms with Gasteiger partial charge in [-0.25, -0.2) is 0 Å². The Labute approximate surface area is 148 Å². The Morgan fingerprint density at radius 2 is 1.84 bits per heavy atom. The van der Waals surface area contributed by atoms with Gasteiger partial charge in [-0.3, -0.25) is 0 Å². The maximum absolute atomic E-state index is 5.52. The third-order valence-electron chi connectivity index (χ3n) is 5.18. The van der Waals surface area contributed by atoms with Crippen LogP contribution >= 0.6 is 0 Å². The summed E-state index contributed by atoms with van der Waals surface area (Å²) in [6, 6.07) is 10.4. The van der Waals surface area contributed by atoms with E-state index in [0.29, 0.717) is 11.8 Å². The summed E-state index contributed by atoms with van der Waals surface area (Å²) in [5.74, 6) is 2.42. The average Bonchev–Trinajstić information content (AvgIpc) is 3.21. The lowest BCUT2D eigenvalue weighted by Crippen LogP contribution is -2.19. The van der Waals surface area contributed by atoms with Gasteiger partial charge in [-0.1, -0.05) is 24.3 Å². The molecule has 3 heteroatoms. The third-order valence-corrected chi connectivity index (χ3v) is 5.18. The molecule has 1 aromatic heterocycles. The Balaban J connectivity index is 1.79. The molecule has 0 aliphatic heterocycles. The zero-order chi connectivity index (χ0) is 17.2. The first-order chi connectivity index (χ1) is 12.3. The predicted molar refractivity (Wildman–Crippen MR) is 101 cm³/mol. The van der Waals surface area contributed by atoms with Crippen molar-refractivity contribution in [2.45, 2.75) is 18.8 Å². The Morgan fingerprint density at radius 3 is 2.60 bits per heavy atom. The second-order valence-corrected chi connectivity index (χ2v) is 6.55. The molecule has 0 fully saturated rings. The maximum Gasteiger partial charge on any atom is 0.161 e. The second-order valence-electron chi connectivity index (χ2n) is 6.55. The van der Waals surface area contributed by atoms with Crippen LogP contribution in [0.2, 0.25) is 0 Å². The van der Waals surface area contributed by atoms with Crippen molar-refractivity contribution in [1.82, 2.24) is 4.57 Å². The van der Waals surface area contributed by atoms with Crippen LogP contribution in [0.1, 0.15) is 24.3 Å². The van der Waals surface area contributed by atoms with Crippen molar-refractivity contribution in [1.29, 1.82) is 0 Å². The van der Waals surface area contributed by atoms with Gasteiger partial charge in [0, 0.05) is 24.0 Å². The van der Waals surface area contributed by atoms with Gasteiger partial charge in [0.05, 0.1) is 14.2 Å². The molecule has 1 heterocycles. The highest BCUT2D eigenvalue weighted by molar-refractivity contribution is 5.65. The van der Waals surface area contributed by atoms with Crippen molar-refractivity contribution in [2.24, 2.45) is 5.92 Å². The van der Waals surface area contributed by atoms with Crippen LogP contribution in [0.15, 0.2) is 72.6 Å². The fraction of sp³-hybridized carbons (Fsp3) is 0.273. The number of allylic oxidation sites excluding steroid dienone is 6. The van der Waals surface area contributed by atoms with Crippen molar-refractivity contribution in [3.8, 4) is 11.5 Å². The van der Waals surface area contributed by atoms with Gasteiger partial charge in [0.25, 0.3) is 0 Å². The summed E-state index contributed by atoms with van der Waals surface area (Å²) < 4.78 is 13.1. The number of fused-ring (bicyclic) bond motifs is 1. The summed E-state index contributed by atoms with van der Waals surface area (Å²) in [6.45, 7) is 0. The highest BCUT2D eigenvalue weighted by atomic mass is 16.5. The number of hydrogen-bond donors (Lipinski definition) is 0. The molecule has 128 valence electrons. The van der Waals surface area contributed by atoms with Crippen molar-refractivity contribution in [3.63, 3.8) is 0 Å². The van der Waals surface area contributed by atoms with E-state index in [2.05, 4.69) is 65.5 Å². The molecule has 0 N–H and O–H groups in total. The summed E-state index contributed by atoms with van der Waals surface area (Å²) in [6.07, 6.45) is 15.8. The van der Waals surface area contributed by atoms with Crippen LogP contribution < -0.4 is 9.47 Å². The van der Waals surface area contributed by atoms with Crippen molar-refractivity contribution < 1.29 is 9.47 Å². The largest absolute Gasteiger partial charge is 0.493 e. The number of aromatic nitrogens is 1. The highest BCUT2D eigenvalue weighted by Crippen LogP contribution is 2.44. The zero-order valence-electron chi connectivity index (χ0n) is 14.7. The standard InChI is InChI=1S/C22H23NO2/c1-24-21-10-9-17(14-22(21)25-2)20-15-18(23-11-5-6-12-23)13-16-7-3-4-8-19(16)20/h3,5-7,9-15,19-20H,4,8H2,1-2H3. The molecule has 0 amide bonds. The third kappa shape index (κ3) is 2.91. The molecular formula is C22H23NO2. The van der Waals surface area contributed by atoms with E-state index in [9.17, 15) is 0 Å². The molecular weight excluding hydrogens is 310 g/mol. The SMILES string of the molecule is COc1ccc(C2C=C(n3cccc3)C=C3C=CCCC32)cc1OC. The van der Waals surface area contributed by atoms with Crippen molar-refractivity contribution >= 4 is 5.70 Å². The van der Waals surface area contributed by atoms with E-state index < -0.39 is 0 Å². The molecule has 2 aliphatic rings. The smallest absolute Gasteiger partial charge is 0.161 e. The first-order valence-electron chi connectivity index (χ1n) is 8.75. The van der Waals surface area contributed by atoms with Crippen LogP contribution in [0, 0.1) is 5.92 Å². The molecule has 2 aromatic rings. The Hall–Kier alpha value is -2.68. The van der Waals surface area contributed by atoms with Crippen LogP contribution in [0.5, 0.6) is 11.5 Å². The van der Waals surface area contributed by atoms with E-state index in [1.165, 1.54) is 23.3 Å². The number of ether oxygens (including phenoxy) is 2. The number of rotatable bonds is 4. The summed E-state index contributed by atoms with van der Waals surface area (Å²) in [4.78, 5) is 0. The molecule has 0 radical (unpaired) electrons. The highest BCUT2D eigenvalue weighted by Gasteiger charge is 2.29. The first-order valence-corrected chi connectivity index (χ1v) is 8.75. The molecule has 0 saturated heterocycles. The molecule has 1 aromatic carbocycles. The zero-order valence-corrected chi connectivity index (χ0v) is 14.7. The summed E-state index contributed by atoms with van der Waals surface area (Å²) in [5, 5.41) is 0. The summed E-state index contributed by atoms with van der Waals surface area (Å²) in [7, 11) is 3.37. The number of hydrogen-bond acceptors (Lipinski definition) is 2. The number of nitrogens with zero attached hydrogens (tertiary/aromatic N) is 1. The Kier molecular flexibility index (Phi) is 4.22. The molecule has 2 atom stereocenters. The van der Waals surface area contributed by atoms with E-state index >= 15 is 0 Å². The first kappa shape index (κ1) is 15.8. The molecule has 2 unspecified atom stereocenters. The fourth-order valence-electron chi connectivity index (χ4n) is 3.90. The lowest BCUT2D eigenvalue weighted by molar-refractivity contribution is 0.354. The maximum atomic E-state index is 5.52. The van der Waals surface area contributed by atoms with Gasteiger partial charge < -0.3 is 14.0 Å².